The van der Waals surface area contributed by atoms with Crippen LogP contribution in [0.3, 0.4) is 0 Å². The van der Waals surface area contributed by atoms with Crippen molar-refractivity contribution in [1.82, 2.24) is 5.32 Å². The van der Waals surface area contributed by atoms with E-state index in [1.54, 1.807) is 31.2 Å². The minimum Gasteiger partial charge on any atom is -0.481 e. The average molecular weight is 343 g/mol. The van der Waals surface area contributed by atoms with Gasteiger partial charge in [-0.1, -0.05) is 25.2 Å². The Labute approximate surface area is 148 Å². The second kappa shape index (κ2) is 9.73. The van der Waals surface area contributed by atoms with E-state index in [-0.39, 0.29) is 18.4 Å². The lowest BCUT2D eigenvalue weighted by Gasteiger charge is -2.27. The molecule has 0 unspecified atom stereocenters. The van der Waals surface area contributed by atoms with E-state index in [0.29, 0.717) is 17.9 Å². The molecule has 5 nitrogen and oxygen atoms in total. The molecule has 134 valence electrons. The molecule has 1 aromatic rings. The lowest BCUT2D eigenvalue weighted by molar-refractivity contribution is -0.143. The number of hydrogen-bond acceptors (Lipinski definition) is 3. The molecule has 1 fully saturated rings. The quantitative estimate of drug-likeness (QED) is 0.746. The lowest BCUT2D eigenvalue weighted by Crippen LogP contribution is -2.37. The Morgan fingerprint density at radius 2 is 1.92 bits per heavy atom. The van der Waals surface area contributed by atoms with Crippen molar-refractivity contribution in [3.8, 4) is 17.6 Å². The molecule has 2 N–H and O–H groups in total. The molecule has 1 aliphatic carbocycles. The summed E-state index contributed by atoms with van der Waals surface area (Å²) in [7, 11) is 0. The summed E-state index contributed by atoms with van der Waals surface area (Å²) in [4.78, 5) is 23.8. The van der Waals surface area contributed by atoms with Crippen LogP contribution in [0.4, 0.5) is 0 Å². The zero-order valence-electron chi connectivity index (χ0n) is 14.6. The Balaban J connectivity index is 1.88. The van der Waals surface area contributed by atoms with Crippen molar-refractivity contribution >= 4 is 11.9 Å². The fourth-order valence-electron chi connectivity index (χ4n) is 3.19. The van der Waals surface area contributed by atoms with Crippen LogP contribution in [-0.2, 0) is 4.79 Å². The standard InChI is InChI=1S/C20H25NO4/c1-2-3-13-25-17-11-9-16(10-12-17)19(22)21-14-18(20(23)24)15-7-5-4-6-8-15/h9-12,15,18H,4-8,13-14H2,1H3,(H,21,22)(H,23,24)/t18-/m1/s1. The molecule has 0 saturated heterocycles. The van der Waals surface area contributed by atoms with Crippen LogP contribution in [-0.4, -0.2) is 30.1 Å². The Morgan fingerprint density at radius 3 is 2.52 bits per heavy atom. The maximum atomic E-state index is 12.3. The normalized spacial score (nSPS) is 15.6. The number of ether oxygens (including phenoxy) is 1. The Kier molecular flexibility index (Phi) is 7.34. The van der Waals surface area contributed by atoms with Gasteiger partial charge in [0.25, 0.3) is 5.91 Å². The SMILES string of the molecule is CC#CCOc1ccc(C(=O)NC[C@@H](C(=O)O)C2CCCCC2)cc1. The second-order valence-electron chi connectivity index (χ2n) is 6.29. The number of nitrogens with one attached hydrogen (secondary N) is 1. The smallest absolute Gasteiger partial charge is 0.308 e. The van der Waals surface area contributed by atoms with E-state index in [0.717, 1.165) is 25.7 Å². The summed E-state index contributed by atoms with van der Waals surface area (Å²) in [6, 6.07) is 6.75. The number of hydrogen-bond donors (Lipinski definition) is 2. The van der Waals surface area contributed by atoms with Gasteiger partial charge in [-0.25, -0.2) is 0 Å². The Morgan fingerprint density at radius 1 is 1.24 bits per heavy atom. The number of benzene rings is 1. The summed E-state index contributed by atoms with van der Waals surface area (Å²) in [6.45, 7) is 2.22. The highest BCUT2D eigenvalue weighted by atomic mass is 16.5. The van der Waals surface area contributed by atoms with Gasteiger partial charge in [0.15, 0.2) is 0 Å². The van der Waals surface area contributed by atoms with Crippen molar-refractivity contribution in [3.63, 3.8) is 0 Å². The zero-order valence-corrected chi connectivity index (χ0v) is 14.6. The highest BCUT2D eigenvalue weighted by Crippen LogP contribution is 2.30. The molecular weight excluding hydrogens is 318 g/mol. The van der Waals surface area contributed by atoms with Gasteiger partial charge in [0.1, 0.15) is 12.4 Å². The molecule has 0 spiro atoms. The van der Waals surface area contributed by atoms with Crippen LogP contribution in [0.25, 0.3) is 0 Å². The van der Waals surface area contributed by atoms with Gasteiger partial charge in [-0.3, -0.25) is 9.59 Å². The molecular formula is C20H25NO4. The van der Waals surface area contributed by atoms with Crippen LogP contribution >= 0.6 is 0 Å². The summed E-state index contributed by atoms with van der Waals surface area (Å²) in [5.41, 5.74) is 0.488. The van der Waals surface area contributed by atoms with E-state index in [2.05, 4.69) is 17.2 Å². The molecule has 1 saturated carbocycles. The molecule has 1 aromatic carbocycles. The summed E-state index contributed by atoms with van der Waals surface area (Å²) < 4.78 is 5.41. The predicted molar refractivity (Wildman–Crippen MR) is 95.4 cm³/mol. The third-order valence-corrected chi connectivity index (χ3v) is 4.62. The molecule has 0 bridgehead atoms. The van der Waals surface area contributed by atoms with Gasteiger partial charge in [0.2, 0.25) is 0 Å². The highest BCUT2D eigenvalue weighted by Gasteiger charge is 2.29. The topological polar surface area (TPSA) is 75.6 Å². The van der Waals surface area contributed by atoms with Crippen LogP contribution in [0.1, 0.15) is 49.4 Å². The highest BCUT2D eigenvalue weighted by molar-refractivity contribution is 5.94. The maximum absolute atomic E-state index is 12.3. The lowest BCUT2D eigenvalue weighted by atomic mass is 9.80. The molecule has 0 radical (unpaired) electrons. The van der Waals surface area contributed by atoms with Crippen molar-refractivity contribution in [1.29, 1.82) is 0 Å². The molecule has 0 aromatic heterocycles. The molecule has 1 amide bonds. The maximum Gasteiger partial charge on any atom is 0.308 e. The van der Waals surface area contributed by atoms with E-state index >= 15 is 0 Å². The summed E-state index contributed by atoms with van der Waals surface area (Å²) >= 11 is 0. The first kappa shape index (κ1) is 18.9. The van der Waals surface area contributed by atoms with Crippen molar-refractivity contribution in [2.24, 2.45) is 11.8 Å². The fourth-order valence-corrected chi connectivity index (χ4v) is 3.19. The third-order valence-electron chi connectivity index (χ3n) is 4.62. The van der Waals surface area contributed by atoms with Crippen molar-refractivity contribution in [3.05, 3.63) is 29.8 Å². The largest absolute Gasteiger partial charge is 0.481 e. The van der Waals surface area contributed by atoms with Gasteiger partial charge in [0.05, 0.1) is 5.92 Å². The number of amides is 1. The molecule has 1 atom stereocenters. The van der Waals surface area contributed by atoms with Crippen LogP contribution in [0.5, 0.6) is 5.75 Å². The van der Waals surface area contributed by atoms with Gasteiger partial charge in [0, 0.05) is 12.1 Å². The van der Waals surface area contributed by atoms with E-state index in [4.69, 9.17) is 4.74 Å². The van der Waals surface area contributed by atoms with E-state index < -0.39 is 11.9 Å². The first-order valence-corrected chi connectivity index (χ1v) is 8.75. The molecule has 0 heterocycles. The number of carboxylic acid groups (broad SMARTS) is 1. The average Bonchev–Trinajstić information content (AvgIpc) is 2.63. The van der Waals surface area contributed by atoms with Gasteiger partial charge in [-0.2, -0.15) is 0 Å². The molecule has 1 aliphatic rings. The van der Waals surface area contributed by atoms with E-state index in [1.165, 1.54) is 6.42 Å². The summed E-state index contributed by atoms with van der Waals surface area (Å²) in [5, 5.41) is 12.2. The number of carbonyl (C=O) groups is 2. The van der Waals surface area contributed by atoms with Crippen molar-refractivity contribution < 1.29 is 19.4 Å². The van der Waals surface area contributed by atoms with E-state index in [9.17, 15) is 14.7 Å². The van der Waals surface area contributed by atoms with Gasteiger partial charge >= 0.3 is 5.97 Å². The Hall–Kier alpha value is -2.48. The second-order valence-corrected chi connectivity index (χ2v) is 6.29. The third kappa shape index (κ3) is 5.82. The van der Waals surface area contributed by atoms with Gasteiger partial charge in [-0.05, 0) is 49.9 Å². The van der Waals surface area contributed by atoms with Gasteiger partial charge < -0.3 is 15.2 Å². The number of rotatable bonds is 7. The number of aliphatic carboxylic acids is 1. The van der Waals surface area contributed by atoms with Crippen LogP contribution in [0.15, 0.2) is 24.3 Å². The van der Waals surface area contributed by atoms with Crippen molar-refractivity contribution in [2.45, 2.75) is 39.0 Å². The van der Waals surface area contributed by atoms with Gasteiger partial charge in [-0.15, -0.1) is 5.92 Å². The number of carboxylic acids is 1. The van der Waals surface area contributed by atoms with E-state index in [1.807, 2.05) is 0 Å². The molecule has 25 heavy (non-hydrogen) atoms. The zero-order chi connectivity index (χ0) is 18.1. The molecule has 2 rings (SSSR count). The first-order valence-electron chi connectivity index (χ1n) is 8.75. The predicted octanol–water partition coefficient (Wildman–Crippen LogP) is 3.10. The summed E-state index contributed by atoms with van der Waals surface area (Å²) in [6.07, 6.45) is 5.19. The molecule has 0 aliphatic heterocycles. The Bertz CT molecular complexity index is 636. The number of carbonyl (C=O) groups excluding carboxylic acids is 1. The minimum atomic E-state index is -0.826. The minimum absolute atomic E-state index is 0.155. The van der Waals surface area contributed by atoms with Crippen LogP contribution in [0, 0.1) is 23.7 Å². The monoisotopic (exact) mass is 343 g/mol. The van der Waals surface area contributed by atoms with Crippen LogP contribution < -0.4 is 10.1 Å². The van der Waals surface area contributed by atoms with Crippen LogP contribution in [0.2, 0.25) is 0 Å². The summed E-state index contributed by atoms with van der Waals surface area (Å²) in [5.74, 6) is 4.74. The first-order chi connectivity index (χ1) is 12.1. The fraction of sp³-hybridized carbons (Fsp3) is 0.500. The van der Waals surface area contributed by atoms with Crippen molar-refractivity contribution in [2.75, 3.05) is 13.2 Å². The molecule has 5 heteroatoms.